The van der Waals surface area contributed by atoms with Crippen LogP contribution in [-0.4, -0.2) is 71.4 Å². The number of benzene rings is 1. The summed E-state index contributed by atoms with van der Waals surface area (Å²) in [6, 6.07) is 9.53. The number of carbonyl (C=O) groups excluding carboxylic acids is 3. The van der Waals surface area contributed by atoms with Crippen molar-refractivity contribution in [3.63, 3.8) is 0 Å². The van der Waals surface area contributed by atoms with E-state index in [1.54, 1.807) is 35.2 Å². The molecule has 3 aliphatic rings. The second-order valence-electron chi connectivity index (χ2n) is 11.9. The van der Waals surface area contributed by atoms with Gasteiger partial charge in [-0.05, 0) is 67.9 Å². The maximum absolute atomic E-state index is 13.3. The molecule has 9 nitrogen and oxygen atoms in total. The van der Waals surface area contributed by atoms with Gasteiger partial charge < -0.3 is 24.6 Å². The van der Waals surface area contributed by atoms with E-state index in [4.69, 9.17) is 4.74 Å². The molecule has 11 heteroatoms. The van der Waals surface area contributed by atoms with Gasteiger partial charge in [-0.25, -0.2) is 4.98 Å². The molecule has 3 amide bonds. The van der Waals surface area contributed by atoms with Crippen LogP contribution in [0.2, 0.25) is 0 Å². The van der Waals surface area contributed by atoms with Crippen LogP contribution >= 0.6 is 0 Å². The molecular weight excluding hydrogens is 558 g/mol. The van der Waals surface area contributed by atoms with Crippen molar-refractivity contribution in [2.45, 2.75) is 89.4 Å². The van der Waals surface area contributed by atoms with Gasteiger partial charge in [-0.2, -0.15) is 8.78 Å². The molecule has 2 aliphatic carbocycles. The summed E-state index contributed by atoms with van der Waals surface area (Å²) in [5, 5.41) is 2.89. The highest BCUT2D eigenvalue weighted by Crippen LogP contribution is 2.39. The fourth-order valence-electron chi connectivity index (χ4n) is 6.06. The summed E-state index contributed by atoms with van der Waals surface area (Å²) in [5.74, 6) is -0.262. The molecule has 0 spiro atoms. The van der Waals surface area contributed by atoms with Crippen LogP contribution in [0.3, 0.4) is 0 Å². The number of amides is 3. The number of aromatic nitrogens is 1. The van der Waals surface area contributed by atoms with E-state index in [1.807, 2.05) is 7.05 Å². The Kier molecular flexibility index (Phi) is 9.77. The Hall–Kier alpha value is -3.76. The molecule has 1 saturated heterocycles. The minimum atomic E-state index is -2.98. The van der Waals surface area contributed by atoms with Crippen LogP contribution in [0.4, 0.5) is 8.78 Å². The highest BCUT2D eigenvalue weighted by atomic mass is 19.3. The van der Waals surface area contributed by atoms with Crippen molar-refractivity contribution >= 4 is 17.7 Å². The van der Waals surface area contributed by atoms with Crippen LogP contribution in [0.25, 0.3) is 0 Å². The van der Waals surface area contributed by atoms with E-state index in [0.717, 1.165) is 44.1 Å². The van der Waals surface area contributed by atoms with Crippen molar-refractivity contribution in [2.24, 2.45) is 5.92 Å². The number of rotatable bonds is 11. The van der Waals surface area contributed by atoms with Crippen molar-refractivity contribution in [3.05, 3.63) is 53.3 Å². The van der Waals surface area contributed by atoms with Crippen LogP contribution in [0.1, 0.15) is 86.0 Å². The third-order valence-electron chi connectivity index (χ3n) is 8.75. The lowest BCUT2D eigenvalue weighted by Gasteiger charge is -2.31. The van der Waals surface area contributed by atoms with E-state index in [1.165, 1.54) is 24.3 Å². The lowest BCUT2D eigenvalue weighted by molar-refractivity contribution is -0.136. The molecule has 43 heavy (non-hydrogen) atoms. The Morgan fingerprint density at radius 3 is 2.53 bits per heavy atom. The molecule has 1 aromatic heterocycles. The zero-order valence-electron chi connectivity index (χ0n) is 24.8. The second-order valence-corrected chi connectivity index (χ2v) is 11.9. The summed E-state index contributed by atoms with van der Waals surface area (Å²) < 4.78 is 36.4. The number of hydrogen-bond donors (Lipinski definition) is 1. The maximum atomic E-state index is 13.3. The lowest BCUT2D eigenvalue weighted by Crippen LogP contribution is -2.45. The molecule has 0 bridgehead atoms. The van der Waals surface area contributed by atoms with Gasteiger partial charge in [0.2, 0.25) is 11.8 Å². The monoisotopic (exact) mass is 598 g/mol. The van der Waals surface area contributed by atoms with Gasteiger partial charge in [-0.3, -0.25) is 14.4 Å². The number of nitrogens with one attached hydrogen (secondary N) is 1. The number of carbonyl (C=O) groups is 3. The average molecular weight is 599 g/mol. The minimum absolute atomic E-state index is 0.0340. The summed E-state index contributed by atoms with van der Waals surface area (Å²) in [7, 11) is 1.82. The Morgan fingerprint density at radius 1 is 1.07 bits per heavy atom. The third-order valence-corrected chi connectivity index (χ3v) is 8.75. The van der Waals surface area contributed by atoms with E-state index in [0.29, 0.717) is 36.9 Å². The fraction of sp³-hybridized carbons (Fsp3) is 0.562. The SMILES string of the molecule is CC(=O)N1C[C@H](c2ccc(OC(F)F)c(OCC3CC3)c2)C[C@@H]1C(=O)NCc1cccc(C(=O)N(C)C2CCCCC2)n1. The average Bonchev–Trinajstić information content (AvgIpc) is 3.73. The molecule has 1 aromatic carbocycles. The first kappa shape index (κ1) is 30.7. The third kappa shape index (κ3) is 7.80. The molecule has 3 fully saturated rings. The second kappa shape index (κ2) is 13.7. The predicted octanol–water partition coefficient (Wildman–Crippen LogP) is 4.90. The number of halogens is 2. The zero-order valence-corrected chi connectivity index (χ0v) is 24.8. The maximum Gasteiger partial charge on any atom is 0.387 e. The Morgan fingerprint density at radius 2 is 1.84 bits per heavy atom. The summed E-state index contributed by atoms with van der Waals surface area (Å²) in [6.45, 7) is -0.714. The summed E-state index contributed by atoms with van der Waals surface area (Å²) in [4.78, 5) is 46.8. The number of pyridine rings is 1. The molecule has 2 aromatic rings. The van der Waals surface area contributed by atoms with E-state index >= 15 is 0 Å². The number of ether oxygens (including phenoxy) is 2. The van der Waals surface area contributed by atoms with E-state index in [9.17, 15) is 23.2 Å². The van der Waals surface area contributed by atoms with Crippen molar-refractivity contribution < 1.29 is 32.6 Å². The van der Waals surface area contributed by atoms with Crippen LogP contribution in [0.5, 0.6) is 11.5 Å². The normalized spacial score (nSPS) is 20.6. The van der Waals surface area contributed by atoms with Gasteiger partial charge in [-0.15, -0.1) is 0 Å². The van der Waals surface area contributed by atoms with Crippen LogP contribution in [-0.2, 0) is 16.1 Å². The molecule has 2 heterocycles. The van der Waals surface area contributed by atoms with Gasteiger partial charge in [0, 0.05) is 32.5 Å². The van der Waals surface area contributed by atoms with Crippen molar-refractivity contribution in [1.29, 1.82) is 0 Å². The first-order chi connectivity index (χ1) is 20.7. The number of alkyl halides is 2. The first-order valence-corrected chi connectivity index (χ1v) is 15.2. The molecule has 2 atom stereocenters. The van der Waals surface area contributed by atoms with Crippen molar-refractivity contribution in [3.8, 4) is 11.5 Å². The van der Waals surface area contributed by atoms with Gasteiger partial charge in [0.25, 0.3) is 5.91 Å². The molecule has 232 valence electrons. The van der Waals surface area contributed by atoms with Gasteiger partial charge in [0.1, 0.15) is 11.7 Å². The molecule has 2 saturated carbocycles. The Balaban J connectivity index is 1.23. The molecule has 1 N–H and O–H groups in total. The summed E-state index contributed by atoms with van der Waals surface area (Å²) in [5.41, 5.74) is 1.67. The smallest absolute Gasteiger partial charge is 0.387 e. The summed E-state index contributed by atoms with van der Waals surface area (Å²) >= 11 is 0. The van der Waals surface area contributed by atoms with Crippen LogP contribution < -0.4 is 14.8 Å². The first-order valence-electron chi connectivity index (χ1n) is 15.2. The predicted molar refractivity (Wildman–Crippen MR) is 155 cm³/mol. The topological polar surface area (TPSA) is 101 Å². The fourth-order valence-corrected chi connectivity index (χ4v) is 6.06. The summed E-state index contributed by atoms with van der Waals surface area (Å²) in [6.07, 6.45) is 7.89. The highest BCUT2D eigenvalue weighted by Gasteiger charge is 2.39. The van der Waals surface area contributed by atoms with Crippen molar-refractivity contribution in [2.75, 3.05) is 20.2 Å². The minimum Gasteiger partial charge on any atom is -0.489 e. The van der Waals surface area contributed by atoms with Gasteiger partial charge in [0.15, 0.2) is 11.5 Å². The number of likely N-dealkylation sites (tertiary alicyclic amines) is 1. The highest BCUT2D eigenvalue weighted by molar-refractivity contribution is 5.92. The zero-order chi connectivity index (χ0) is 30.5. The molecule has 5 rings (SSSR count). The van der Waals surface area contributed by atoms with E-state index < -0.39 is 12.7 Å². The quantitative estimate of drug-likeness (QED) is 0.395. The van der Waals surface area contributed by atoms with Gasteiger partial charge >= 0.3 is 6.61 Å². The van der Waals surface area contributed by atoms with Gasteiger partial charge in [0.05, 0.1) is 18.8 Å². The van der Waals surface area contributed by atoms with Crippen LogP contribution in [0, 0.1) is 5.92 Å². The van der Waals surface area contributed by atoms with Crippen LogP contribution in [0.15, 0.2) is 36.4 Å². The molecule has 0 radical (unpaired) electrons. The molecular formula is C32H40F2N4O5. The lowest BCUT2D eigenvalue weighted by atomic mass is 9.94. The molecule has 1 aliphatic heterocycles. The Bertz CT molecular complexity index is 1310. The van der Waals surface area contributed by atoms with Gasteiger partial charge in [-0.1, -0.05) is 31.4 Å². The van der Waals surface area contributed by atoms with E-state index in [2.05, 4.69) is 15.0 Å². The number of nitrogens with zero attached hydrogens (tertiary/aromatic N) is 3. The van der Waals surface area contributed by atoms with E-state index in [-0.39, 0.29) is 47.7 Å². The Labute approximate surface area is 250 Å². The number of hydrogen-bond acceptors (Lipinski definition) is 6. The largest absolute Gasteiger partial charge is 0.489 e. The molecule has 0 unspecified atom stereocenters. The van der Waals surface area contributed by atoms with Crippen molar-refractivity contribution in [1.82, 2.24) is 20.1 Å². The standard InChI is InChI=1S/C32H40F2N4O5/c1-20(39)38-18-23(22-13-14-28(43-32(33)34)29(16-22)42-19-21-11-12-21)15-27(38)30(40)35-17-24-7-6-10-26(36-24)31(41)37(2)25-8-4-3-5-9-25/h6-7,10,13-14,16,21,23,25,27,32H,3-5,8-9,11-12,15,17-19H2,1-2H3,(H,35,40)/t23-,27-/m1/s1.